The molecule has 0 saturated carbocycles. The van der Waals surface area contributed by atoms with Crippen LogP contribution in [0.25, 0.3) is 0 Å². The zero-order valence-corrected chi connectivity index (χ0v) is 17.0. The minimum atomic E-state index is -0.370. The maximum Gasteiger partial charge on any atom is 0.118 e. The standard InChI is InChI=1S/C23H32N2O2/c1-17-6-5-7-18(2)23(17)25-14-12-24(13-15-25)19(3)22(26)16-20-8-10-21(27-4)11-9-20/h5-11,19,22,26H,12-16H2,1-4H3. The van der Waals surface area contributed by atoms with Crippen molar-refractivity contribution in [2.75, 3.05) is 38.2 Å². The molecule has 1 aliphatic rings. The van der Waals surface area contributed by atoms with Crippen LogP contribution in [0.15, 0.2) is 42.5 Å². The number of methoxy groups -OCH3 is 1. The number of piperazine rings is 1. The van der Waals surface area contributed by atoms with Crippen LogP contribution in [-0.2, 0) is 6.42 Å². The van der Waals surface area contributed by atoms with E-state index in [1.807, 2.05) is 24.3 Å². The molecule has 1 heterocycles. The zero-order valence-electron chi connectivity index (χ0n) is 17.0. The first kappa shape index (κ1) is 19.7. The number of aliphatic hydroxyl groups is 1. The molecular weight excluding hydrogens is 336 g/mol. The van der Waals surface area contributed by atoms with E-state index in [0.29, 0.717) is 6.42 Å². The number of aliphatic hydroxyl groups excluding tert-OH is 1. The van der Waals surface area contributed by atoms with Crippen LogP contribution in [0.3, 0.4) is 0 Å². The highest BCUT2D eigenvalue weighted by atomic mass is 16.5. The van der Waals surface area contributed by atoms with Crippen molar-refractivity contribution in [2.45, 2.75) is 39.3 Å². The van der Waals surface area contributed by atoms with Gasteiger partial charge in [-0.1, -0.05) is 30.3 Å². The predicted molar refractivity (Wildman–Crippen MR) is 112 cm³/mol. The average molecular weight is 369 g/mol. The molecule has 4 nitrogen and oxygen atoms in total. The van der Waals surface area contributed by atoms with Gasteiger partial charge in [0.25, 0.3) is 0 Å². The minimum absolute atomic E-state index is 0.146. The Morgan fingerprint density at radius 1 is 0.963 bits per heavy atom. The lowest BCUT2D eigenvalue weighted by atomic mass is 10.0. The third-order valence-electron chi connectivity index (χ3n) is 5.81. The Balaban J connectivity index is 1.56. The molecule has 0 aromatic heterocycles. The highest BCUT2D eigenvalue weighted by molar-refractivity contribution is 5.59. The first-order valence-corrected chi connectivity index (χ1v) is 9.86. The van der Waals surface area contributed by atoms with Gasteiger partial charge < -0.3 is 14.7 Å². The van der Waals surface area contributed by atoms with Crippen molar-refractivity contribution >= 4 is 5.69 Å². The maximum absolute atomic E-state index is 10.7. The summed E-state index contributed by atoms with van der Waals surface area (Å²) in [6.45, 7) is 10.5. The van der Waals surface area contributed by atoms with Crippen molar-refractivity contribution in [3.63, 3.8) is 0 Å². The molecule has 0 amide bonds. The van der Waals surface area contributed by atoms with Gasteiger partial charge in [-0.25, -0.2) is 0 Å². The molecule has 146 valence electrons. The fourth-order valence-electron chi connectivity index (χ4n) is 4.07. The van der Waals surface area contributed by atoms with Gasteiger partial charge in [0.2, 0.25) is 0 Å². The van der Waals surface area contributed by atoms with Crippen molar-refractivity contribution in [3.8, 4) is 5.75 Å². The summed E-state index contributed by atoms with van der Waals surface area (Å²) in [5.74, 6) is 0.851. The zero-order chi connectivity index (χ0) is 19.4. The Hall–Kier alpha value is -2.04. The van der Waals surface area contributed by atoms with Crippen LogP contribution in [0.1, 0.15) is 23.6 Å². The molecular formula is C23H32N2O2. The van der Waals surface area contributed by atoms with Gasteiger partial charge in [-0.2, -0.15) is 0 Å². The molecule has 2 aromatic carbocycles. The van der Waals surface area contributed by atoms with Gasteiger partial charge in [-0.3, -0.25) is 4.90 Å². The lowest BCUT2D eigenvalue weighted by molar-refractivity contribution is 0.0554. The number of aryl methyl sites for hydroxylation is 2. The Morgan fingerprint density at radius 3 is 2.11 bits per heavy atom. The summed E-state index contributed by atoms with van der Waals surface area (Å²) in [5.41, 5.74) is 5.21. The molecule has 2 unspecified atom stereocenters. The van der Waals surface area contributed by atoms with Crippen LogP contribution in [0, 0.1) is 13.8 Å². The summed E-state index contributed by atoms with van der Waals surface area (Å²) in [6.07, 6.45) is 0.299. The molecule has 0 radical (unpaired) electrons. The summed E-state index contributed by atoms with van der Waals surface area (Å²) < 4.78 is 5.20. The van der Waals surface area contributed by atoms with E-state index in [9.17, 15) is 5.11 Å². The van der Waals surface area contributed by atoms with E-state index in [0.717, 1.165) is 37.5 Å². The lowest BCUT2D eigenvalue weighted by Gasteiger charge is -2.41. The van der Waals surface area contributed by atoms with E-state index >= 15 is 0 Å². The number of benzene rings is 2. The molecule has 1 aliphatic heterocycles. The molecule has 1 saturated heterocycles. The van der Waals surface area contributed by atoms with Crippen molar-refractivity contribution in [2.24, 2.45) is 0 Å². The molecule has 27 heavy (non-hydrogen) atoms. The Kier molecular flexibility index (Phi) is 6.40. The summed E-state index contributed by atoms with van der Waals surface area (Å²) in [7, 11) is 1.67. The van der Waals surface area contributed by atoms with E-state index in [2.05, 4.69) is 48.8 Å². The number of hydrogen-bond acceptors (Lipinski definition) is 4. The van der Waals surface area contributed by atoms with Gasteiger partial charge in [0.15, 0.2) is 0 Å². The normalized spacial score (nSPS) is 17.6. The van der Waals surface area contributed by atoms with Gasteiger partial charge in [0.1, 0.15) is 5.75 Å². The van der Waals surface area contributed by atoms with E-state index in [-0.39, 0.29) is 12.1 Å². The van der Waals surface area contributed by atoms with Gasteiger partial charge >= 0.3 is 0 Å². The van der Waals surface area contributed by atoms with Crippen LogP contribution < -0.4 is 9.64 Å². The van der Waals surface area contributed by atoms with Crippen molar-refractivity contribution in [3.05, 3.63) is 59.2 Å². The molecule has 1 N–H and O–H groups in total. The summed E-state index contributed by atoms with van der Waals surface area (Å²) >= 11 is 0. The van der Waals surface area contributed by atoms with Crippen molar-refractivity contribution in [1.82, 2.24) is 4.90 Å². The fraction of sp³-hybridized carbons (Fsp3) is 0.478. The molecule has 3 rings (SSSR count). The van der Waals surface area contributed by atoms with Gasteiger partial charge in [-0.15, -0.1) is 0 Å². The topological polar surface area (TPSA) is 35.9 Å². The molecule has 2 atom stereocenters. The maximum atomic E-state index is 10.7. The van der Waals surface area contributed by atoms with Crippen LogP contribution >= 0.6 is 0 Å². The summed E-state index contributed by atoms with van der Waals surface area (Å²) in [6, 6.07) is 14.6. The number of anilines is 1. The third-order valence-corrected chi connectivity index (χ3v) is 5.81. The second kappa shape index (κ2) is 8.77. The largest absolute Gasteiger partial charge is 0.497 e. The van der Waals surface area contributed by atoms with Crippen LogP contribution in [0.4, 0.5) is 5.69 Å². The SMILES string of the molecule is COc1ccc(CC(O)C(C)N2CCN(c3c(C)cccc3C)CC2)cc1. The van der Waals surface area contributed by atoms with Crippen LogP contribution in [0.5, 0.6) is 5.75 Å². The molecule has 0 bridgehead atoms. The van der Waals surface area contributed by atoms with Crippen molar-refractivity contribution < 1.29 is 9.84 Å². The number of rotatable bonds is 6. The van der Waals surface area contributed by atoms with Gasteiger partial charge in [0, 0.05) is 37.9 Å². The lowest BCUT2D eigenvalue weighted by Crippen LogP contribution is -2.53. The quantitative estimate of drug-likeness (QED) is 0.847. The highest BCUT2D eigenvalue weighted by Gasteiger charge is 2.26. The monoisotopic (exact) mass is 368 g/mol. The first-order valence-electron chi connectivity index (χ1n) is 9.86. The Morgan fingerprint density at radius 2 is 1.56 bits per heavy atom. The Bertz CT molecular complexity index is 716. The third kappa shape index (κ3) is 4.63. The Labute approximate surface area is 163 Å². The smallest absolute Gasteiger partial charge is 0.118 e. The minimum Gasteiger partial charge on any atom is -0.497 e. The number of hydrogen-bond donors (Lipinski definition) is 1. The van der Waals surface area contributed by atoms with E-state index < -0.39 is 0 Å². The van der Waals surface area contributed by atoms with E-state index in [1.54, 1.807) is 7.11 Å². The second-order valence-electron chi connectivity index (χ2n) is 7.62. The predicted octanol–water partition coefficient (Wildman–Crippen LogP) is 3.43. The fourth-order valence-corrected chi connectivity index (χ4v) is 4.07. The molecule has 1 fully saturated rings. The molecule has 0 spiro atoms. The summed E-state index contributed by atoms with van der Waals surface area (Å²) in [5, 5.41) is 10.7. The number of nitrogens with zero attached hydrogens (tertiary/aromatic N) is 2. The second-order valence-corrected chi connectivity index (χ2v) is 7.62. The van der Waals surface area contributed by atoms with Gasteiger partial charge in [-0.05, 0) is 56.0 Å². The van der Waals surface area contributed by atoms with Crippen molar-refractivity contribution in [1.29, 1.82) is 0 Å². The highest BCUT2D eigenvalue weighted by Crippen LogP contribution is 2.26. The van der Waals surface area contributed by atoms with E-state index in [1.165, 1.54) is 16.8 Å². The molecule has 4 heteroatoms. The number of para-hydroxylation sites is 1. The first-order chi connectivity index (χ1) is 13.0. The van der Waals surface area contributed by atoms with Crippen LogP contribution in [-0.4, -0.2) is 55.4 Å². The summed E-state index contributed by atoms with van der Waals surface area (Å²) in [4.78, 5) is 4.90. The average Bonchev–Trinajstić information content (AvgIpc) is 2.68. The molecule has 0 aliphatic carbocycles. The molecule has 2 aromatic rings. The van der Waals surface area contributed by atoms with E-state index in [4.69, 9.17) is 4.74 Å². The van der Waals surface area contributed by atoms with Crippen LogP contribution in [0.2, 0.25) is 0 Å². The van der Waals surface area contributed by atoms with Gasteiger partial charge in [0.05, 0.1) is 13.2 Å². The number of ether oxygens (including phenoxy) is 1.